The lowest BCUT2D eigenvalue weighted by atomic mass is 10.1. The van der Waals surface area contributed by atoms with Crippen molar-refractivity contribution in [2.45, 2.75) is 51.5 Å². The minimum absolute atomic E-state index is 0.133. The molecule has 19 heavy (non-hydrogen) atoms. The lowest BCUT2D eigenvalue weighted by Gasteiger charge is -2.18. The summed E-state index contributed by atoms with van der Waals surface area (Å²) in [6, 6.07) is 7.97. The van der Waals surface area contributed by atoms with Gasteiger partial charge in [0.2, 0.25) is 0 Å². The van der Waals surface area contributed by atoms with Gasteiger partial charge in [0.25, 0.3) is 0 Å². The van der Waals surface area contributed by atoms with Gasteiger partial charge in [-0.3, -0.25) is 0 Å². The van der Waals surface area contributed by atoms with Gasteiger partial charge >= 0.3 is 0 Å². The Hall–Kier alpha value is -1.22. The van der Waals surface area contributed by atoms with Gasteiger partial charge in [0.05, 0.1) is 13.7 Å². The molecule has 0 saturated carbocycles. The Morgan fingerprint density at radius 2 is 2.00 bits per heavy atom. The monoisotopic (exact) mass is 265 g/mol. The van der Waals surface area contributed by atoms with Crippen LogP contribution in [0.2, 0.25) is 0 Å². The first-order chi connectivity index (χ1) is 9.30. The fourth-order valence-corrected chi connectivity index (χ4v) is 2.15. The molecule has 1 aromatic carbocycles. The predicted molar refractivity (Wildman–Crippen MR) is 80.9 cm³/mol. The van der Waals surface area contributed by atoms with Crippen molar-refractivity contribution in [2.75, 3.05) is 19.0 Å². The first-order valence-electron chi connectivity index (χ1n) is 7.31. The molecule has 0 amide bonds. The van der Waals surface area contributed by atoms with Crippen LogP contribution in [0.25, 0.3) is 0 Å². The average Bonchev–Trinajstić information content (AvgIpc) is 2.46. The third-order valence-corrected chi connectivity index (χ3v) is 3.32. The van der Waals surface area contributed by atoms with Crippen LogP contribution in [0.5, 0.6) is 5.75 Å². The first kappa shape index (κ1) is 15.8. The van der Waals surface area contributed by atoms with Crippen LogP contribution < -0.4 is 10.1 Å². The van der Waals surface area contributed by atoms with E-state index in [-0.39, 0.29) is 12.6 Å². The number of anilines is 1. The van der Waals surface area contributed by atoms with Crippen molar-refractivity contribution >= 4 is 5.69 Å². The van der Waals surface area contributed by atoms with E-state index in [9.17, 15) is 5.11 Å². The third-order valence-electron chi connectivity index (χ3n) is 3.32. The highest BCUT2D eigenvalue weighted by molar-refractivity contribution is 5.48. The molecule has 0 radical (unpaired) electrons. The van der Waals surface area contributed by atoms with Crippen molar-refractivity contribution in [3.05, 3.63) is 24.3 Å². The van der Waals surface area contributed by atoms with Crippen LogP contribution in [-0.2, 0) is 0 Å². The van der Waals surface area contributed by atoms with Crippen molar-refractivity contribution < 1.29 is 9.84 Å². The van der Waals surface area contributed by atoms with E-state index in [0.29, 0.717) is 0 Å². The third kappa shape index (κ3) is 6.48. The Bertz CT molecular complexity index is 341. The quantitative estimate of drug-likeness (QED) is 0.632. The number of nitrogens with one attached hydrogen (secondary N) is 1. The molecule has 1 atom stereocenters. The molecule has 1 aromatic rings. The van der Waals surface area contributed by atoms with Crippen molar-refractivity contribution in [1.29, 1.82) is 0 Å². The molecule has 0 aliphatic heterocycles. The molecular formula is C16H27NO2. The normalized spacial score (nSPS) is 12.2. The number of hydrogen-bond donors (Lipinski definition) is 2. The van der Waals surface area contributed by atoms with Gasteiger partial charge in [-0.2, -0.15) is 0 Å². The van der Waals surface area contributed by atoms with Crippen LogP contribution in [-0.4, -0.2) is 24.9 Å². The average molecular weight is 265 g/mol. The van der Waals surface area contributed by atoms with Crippen LogP contribution in [0.15, 0.2) is 24.3 Å². The maximum absolute atomic E-state index is 9.42. The highest BCUT2D eigenvalue weighted by Crippen LogP contribution is 2.18. The summed E-state index contributed by atoms with van der Waals surface area (Å²) < 4.78 is 5.19. The minimum atomic E-state index is 0.133. The summed E-state index contributed by atoms with van der Waals surface area (Å²) in [4.78, 5) is 0. The number of unbranched alkanes of at least 4 members (excludes halogenated alkanes) is 4. The molecule has 0 saturated heterocycles. The second kappa shape index (κ2) is 9.68. The van der Waals surface area contributed by atoms with E-state index >= 15 is 0 Å². The van der Waals surface area contributed by atoms with Crippen molar-refractivity contribution in [3.63, 3.8) is 0 Å². The molecule has 3 nitrogen and oxygen atoms in total. The number of methoxy groups -OCH3 is 1. The lowest BCUT2D eigenvalue weighted by molar-refractivity contribution is 0.266. The smallest absolute Gasteiger partial charge is 0.120 e. The Morgan fingerprint density at radius 3 is 2.68 bits per heavy atom. The van der Waals surface area contributed by atoms with Crippen LogP contribution in [0, 0.1) is 0 Å². The molecule has 2 N–H and O–H groups in total. The highest BCUT2D eigenvalue weighted by Gasteiger charge is 2.07. The summed E-state index contributed by atoms with van der Waals surface area (Å²) in [5.41, 5.74) is 1.01. The zero-order valence-electron chi connectivity index (χ0n) is 12.2. The van der Waals surface area contributed by atoms with Gasteiger partial charge in [-0.1, -0.05) is 45.1 Å². The molecule has 0 spiro atoms. The number of benzene rings is 1. The molecule has 0 aromatic heterocycles. The van der Waals surface area contributed by atoms with E-state index in [1.807, 2.05) is 24.3 Å². The van der Waals surface area contributed by atoms with Gasteiger partial charge in [-0.25, -0.2) is 0 Å². The number of hydrogen-bond acceptors (Lipinski definition) is 3. The van der Waals surface area contributed by atoms with Gasteiger partial charge in [-0.05, 0) is 18.6 Å². The summed E-state index contributed by atoms with van der Waals surface area (Å²) in [7, 11) is 1.66. The highest BCUT2D eigenvalue weighted by atomic mass is 16.5. The fraction of sp³-hybridized carbons (Fsp3) is 0.625. The van der Waals surface area contributed by atoms with Crippen LogP contribution in [0.1, 0.15) is 45.4 Å². The Kier molecular flexibility index (Phi) is 8.07. The van der Waals surface area contributed by atoms with E-state index < -0.39 is 0 Å². The number of rotatable bonds is 10. The predicted octanol–water partition coefficient (Wildman–Crippen LogP) is 3.83. The summed E-state index contributed by atoms with van der Waals surface area (Å²) in [5.74, 6) is 0.838. The number of ether oxygens (including phenoxy) is 1. The fourth-order valence-electron chi connectivity index (χ4n) is 2.15. The maximum atomic E-state index is 9.42. The van der Waals surface area contributed by atoms with E-state index in [0.717, 1.165) is 17.9 Å². The standard InChI is InChI=1S/C16H27NO2/c1-3-4-5-6-7-9-15(13-18)17-14-10-8-11-16(12-14)19-2/h8,10-12,15,17-18H,3-7,9,13H2,1-2H3. The second-order valence-corrected chi connectivity index (χ2v) is 4.96. The topological polar surface area (TPSA) is 41.5 Å². The summed E-state index contributed by atoms with van der Waals surface area (Å²) in [5, 5.41) is 12.8. The number of aliphatic hydroxyl groups is 1. The van der Waals surface area contributed by atoms with E-state index in [2.05, 4.69) is 12.2 Å². The summed E-state index contributed by atoms with van der Waals surface area (Å²) in [6.07, 6.45) is 7.32. The number of aliphatic hydroxyl groups excluding tert-OH is 1. The van der Waals surface area contributed by atoms with Gasteiger partial charge in [0.15, 0.2) is 0 Å². The summed E-state index contributed by atoms with van der Waals surface area (Å²) >= 11 is 0. The van der Waals surface area contributed by atoms with Crippen LogP contribution >= 0.6 is 0 Å². The molecule has 0 fully saturated rings. The van der Waals surface area contributed by atoms with Gasteiger partial charge in [-0.15, -0.1) is 0 Å². The molecular weight excluding hydrogens is 238 g/mol. The molecule has 0 bridgehead atoms. The Balaban J connectivity index is 2.34. The zero-order valence-corrected chi connectivity index (χ0v) is 12.2. The van der Waals surface area contributed by atoms with E-state index in [1.54, 1.807) is 7.11 Å². The lowest BCUT2D eigenvalue weighted by Crippen LogP contribution is -2.23. The molecule has 0 heterocycles. The van der Waals surface area contributed by atoms with Gasteiger partial charge < -0.3 is 15.2 Å². The minimum Gasteiger partial charge on any atom is -0.497 e. The Labute approximate surface area is 117 Å². The van der Waals surface area contributed by atoms with Crippen molar-refractivity contribution in [2.24, 2.45) is 0 Å². The largest absolute Gasteiger partial charge is 0.497 e. The van der Waals surface area contributed by atoms with Gasteiger partial charge in [0.1, 0.15) is 5.75 Å². The molecule has 0 aliphatic rings. The van der Waals surface area contributed by atoms with Crippen molar-refractivity contribution in [3.8, 4) is 5.75 Å². The molecule has 108 valence electrons. The van der Waals surface area contributed by atoms with E-state index in [4.69, 9.17) is 4.74 Å². The van der Waals surface area contributed by atoms with Crippen molar-refractivity contribution in [1.82, 2.24) is 0 Å². The summed E-state index contributed by atoms with van der Waals surface area (Å²) in [6.45, 7) is 2.39. The zero-order chi connectivity index (χ0) is 13.9. The second-order valence-electron chi connectivity index (χ2n) is 4.96. The molecule has 3 heteroatoms. The molecule has 0 aliphatic carbocycles. The first-order valence-corrected chi connectivity index (χ1v) is 7.31. The molecule has 1 unspecified atom stereocenters. The Morgan fingerprint density at radius 1 is 1.21 bits per heavy atom. The molecule has 1 rings (SSSR count). The van der Waals surface area contributed by atoms with Gasteiger partial charge in [0, 0.05) is 17.8 Å². The SMILES string of the molecule is CCCCCCCC(CO)Nc1cccc(OC)c1. The van der Waals surface area contributed by atoms with E-state index in [1.165, 1.54) is 32.1 Å². The van der Waals surface area contributed by atoms with Crippen LogP contribution in [0.3, 0.4) is 0 Å². The maximum Gasteiger partial charge on any atom is 0.120 e. The van der Waals surface area contributed by atoms with Crippen LogP contribution in [0.4, 0.5) is 5.69 Å².